The van der Waals surface area contributed by atoms with Gasteiger partial charge in [-0.3, -0.25) is 9.69 Å². The van der Waals surface area contributed by atoms with Crippen LogP contribution in [0.1, 0.15) is 10.4 Å². The number of carbonyl (C=O) groups excluding carboxylic acids is 1. The van der Waals surface area contributed by atoms with Crippen LogP contribution in [0.5, 0.6) is 0 Å². The molecule has 2 aromatic rings. The van der Waals surface area contributed by atoms with Crippen LogP contribution in [0.15, 0.2) is 53.3 Å². The minimum absolute atomic E-state index is 0.0725. The molecule has 1 aromatic heterocycles. The predicted octanol–water partition coefficient (Wildman–Crippen LogP) is 1.83. The summed E-state index contributed by atoms with van der Waals surface area (Å²) in [7, 11) is 0. The topological polar surface area (TPSA) is 48.7 Å². The monoisotopic (exact) mass is 299 g/mol. The van der Waals surface area contributed by atoms with Crippen LogP contribution in [0.4, 0.5) is 5.69 Å². The summed E-state index contributed by atoms with van der Waals surface area (Å²) in [5.74, 6) is -0.0725. The zero-order valence-electron chi connectivity index (χ0n) is 12.6. The van der Waals surface area contributed by atoms with E-state index in [1.54, 1.807) is 6.07 Å². The Morgan fingerprint density at radius 1 is 1.09 bits per heavy atom. The first-order valence-corrected chi connectivity index (χ1v) is 7.66. The molecular weight excluding hydrogens is 278 g/mol. The number of nitrogens with one attached hydrogen (secondary N) is 1. The van der Waals surface area contributed by atoms with E-state index in [0.717, 1.165) is 32.7 Å². The average Bonchev–Trinajstić information content (AvgIpc) is 3.11. The van der Waals surface area contributed by atoms with E-state index >= 15 is 0 Å². The van der Waals surface area contributed by atoms with E-state index in [9.17, 15) is 4.79 Å². The molecule has 116 valence electrons. The molecule has 1 aliphatic rings. The molecule has 0 bridgehead atoms. The van der Waals surface area contributed by atoms with E-state index in [4.69, 9.17) is 4.42 Å². The van der Waals surface area contributed by atoms with Crippen molar-refractivity contribution in [2.45, 2.75) is 0 Å². The second-order valence-corrected chi connectivity index (χ2v) is 5.43. The maximum atomic E-state index is 11.8. The van der Waals surface area contributed by atoms with E-state index < -0.39 is 0 Å². The van der Waals surface area contributed by atoms with Gasteiger partial charge in [-0.15, -0.1) is 0 Å². The molecule has 1 fully saturated rings. The smallest absolute Gasteiger partial charge is 0.254 e. The van der Waals surface area contributed by atoms with E-state index in [1.165, 1.54) is 18.2 Å². The molecule has 0 atom stereocenters. The van der Waals surface area contributed by atoms with Crippen LogP contribution in [0, 0.1) is 0 Å². The number of hydrogen-bond donors (Lipinski definition) is 1. The third-order valence-electron chi connectivity index (χ3n) is 3.99. The van der Waals surface area contributed by atoms with Gasteiger partial charge in [-0.2, -0.15) is 0 Å². The Bertz CT molecular complexity index is 575. The first-order chi connectivity index (χ1) is 10.8. The Labute approximate surface area is 130 Å². The molecule has 22 heavy (non-hydrogen) atoms. The highest BCUT2D eigenvalue weighted by Crippen LogP contribution is 2.15. The Morgan fingerprint density at radius 2 is 1.86 bits per heavy atom. The van der Waals surface area contributed by atoms with Crippen molar-refractivity contribution >= 4 is 11.6 Å². The highest BCUT2D eigenvalue weighted by Gasteiger charge is 2.16. The van der Waals surface area contributed by atoms with Gasteiger partial charge >= 0.3 is 0 Å². The molecular formula is C17H21N3O2. The molecule has 0 radical (unpaired) electrons. The lowest BCUT2D eigenvalue weighted by Crippen LogP contribution is -2.48. The molecule has 1 aliphatic heterocycles. The second kappa shape index (κ2) is 7.13. The molecule has 0 unspecified atom stereocenters. The molecule has 3 rings (SSSR count). The van der Waals surface area contributed by atoms with Crippen LogP contribution in [0.25, 0.3) is 0 Å². The zero-order chi connectivity index (χ0) is 15.2. The predicted molar refractivity (Wildman–Crippen MR) is 86.1 cm³/mol. The molecule has 1 aromatic carbocycles. The van der Waals surface area contributed by atoms with Crippen LogP contribution in [-0.2, 0) is 0 Å². The SMILES string of the molecule is O=C(NCCN1CCN(c2ccccc2)CC1)c1ccoc1. The number of anilines is 1. The van der Waals surface area contributed by atoms with Crippen LogP contribution < -0.4 is 10.2 Å². The molecule has 5 nitrogen and oxygen atoms in total. The number of nitrogens with zero attached hydrogens (tertiary/aromatic N) is 2. The number of benzene rings is 1. The van der Waals surface area contributed by atoms with Crippen LogP contribution in [0.3, 0.4) is 0 Å². The average molecular weight is 299 g/mol. The lowest BCUT2D eigenvalue weighted by molar-refractivity contribution is 0.0947. The molecule has 1 saturated heterocycles. The van der Waals surface area contributed by atoms with Gasteiger partial charge in [-0.1, -0.05) is 18.2 Å². The van der Waals surface area contributed by atoms with Crippen molar-refractivity contribution in [2.24, 2.45) is 0 Å². The number of piperazine rings is 1. The lowest BCUT2D eigenvalue weighted by Gasteiger charge is -2.36. The van der Waals surface area contributed by atoms with Gasteiger partial charge in [0.05, 0.1) is 11.8 Å². The molecule has 1 N–H and O–H groups in total. The molecule has 2 heterocycles. The van der Waals surface area contributed by atoms with Gasteiger partial charge in [0.1, 0.15) is 6.26 Å². The first kappa shape index (κ1) is 14.7. The maximum Gasteiger partial charge on any atom is 0.254 e. The second-order valence-electron chi connectivity index (χ2n) is 5.43. The summed E-state index contributed by atoms with van der Waals surface area (Å²) in [5, 5.41) is 2.92. The normalized spacial score (nSPS) is 15.7. The number of carbonyl (C=O) groups is 1. The van der Waals surface area contributed by atoms with E-state index in [0.29, 0.717) is 12.1 Å². The van der Waals surface area contributed by atoms with Gasteiger partial charge in [0, 0.05) is 45.0 Å². The third-order valence-corrected chi connectivity index (χ3v) is 3.99. The molecule has 0 saturated carbocycles. The maximum absolute atomic E-state index is 11.8. The first-order valence-electron chi connectivity index (χ1n) is 7.66. The summed E-state index contributed by atoms with van der Waals surface area (Å²) in [6.07, 6.45) is 2.98. The van der Waals surface area contributed by atoms with Gasteiger partial charge in [0.25, 0.3) is 5.91 Å². The fourth-order valence-corrected chi connectivity index (χ4v) is 2.69. The van der Waals surface area contributed by atoms with Crippen molar-refractivity contribution in [3.63, 3.8) is 0 Å². The minimum Gasteiger partial charge on any atom is -0.472 e. The number of hydrogen-bond acceptors (Lipinski definition) is 4. The lowest BCUT2D eigenvalue weighted by atomic mass is 10.2. The zero-order valence-corrected chi connectivity index (χ0v) is 12.6. The number of amides is 1. The van der Waals surface area contributed by atoms with E-state index in [1.807, 2.05) is 6.07 Å². The Kier molecular flexibility index (Phi) is 4.75. The molecule has 0 aliphatic carbocycles. The fourth-order valence-electron chi connectivity index (χ4n) is 2.69. The highest BCUT2D eigenvalue weighted by atomic mass is 16.3. The summed E-state index contributed by atoms with van der Waals surface area (Å²) < 4.78 is 4.91. The Balaban J connectivity index is 1.38. The molecule has 1 amide bonds. The van der Waals surface area contributed by atoms with Gasteiger partial charge in [-0.05, 0) is 18.2 Å². The van der Waals surface area contributed by atoms with Gasteiger partial charge < -0.3 is 14.6 Å². The highest BCUT2D eigenvalue weighted by molar-refractivity contribution is 5.93. The largest absolute Gasteiger partial charge is 0.472 e. The van der Waals surface area contributed by atoms with E-state index in [-0.39, 0.29) is 5.91 Å². The summed E-state index contributed by atoms with van der Waals surface area (Å²) in [5.41, 5.74) is 1.87. The van der Waals surface area contributed by atoms with Crippen LogP contribution in [0.2, 0.25) is 0 Å². The van der Waals surface area contributed by atoms with E-state index in [2.05, 4.69) is 39.4 Å². The van der Waals surface area contributed by atoms with Gasteiger partial charge in [-0.25, -0.2) is 0 Å². The quantitative estimate of drug-likeness (QED) is 0.915. The molecule has 0 spiro atoms. The van der Waals surface area contributed by atoms with Gasteiger partial charge in [0.2, 0.25) is 0 Å². The van der Waals surface area contributed by atoms with Crippen LogP contribution in [-0.4, -0.2) is 50.1 Å². The molecule has 5 heteroatoms. The Hall–Kier alpha value is -2.27. The van der Waals surface area contributed by atoms with Crippen molar-refractivity contribution < 1.29 is 9.21 Å². The standard InChI is InChI=1S/C17H21N3O2/c21-17(15-6-13-22-14-15)18-7-8-19-9-11-20(12-10-19)16-4-2-1-3-5-16/h1-6,13-14H,7-12H2,(H,18,21). The van der Waals surface area contributed by atoms with Crippen molar-refractivity contribution in [1.82, 2.24) is 10.2 Å². The van der Waals surface area contributed by atoms with Crippen molar-refractivity contribution in [3.8, 4) is 0 Å². The minimum atomic E-state index is -0.0725. The Morgan fingerprint density at radius 3 is 2.55 bits per heavy atom. The summed E-state index contributed by atoms with van der Waals surface area (Å²) >= 11 is 0. The number of furan rings is 1. The van der Waals surface area contributed by atoms with Crippen molar-refractivity contribution in [3.05, 3.63) is 54.5 Å². The summed E-state index contributed by atoms with van der Waals surface area (Å²) in [4.78, 5) is 16.6. The van der Waals surface area contributed by atoms with Crippen molar-refractivity contribution in [1.29, 1.82) is 0 Å². The number of rotatable bonds is 5. The summed E-state index contributed by atoms with van der Waals surface area (Å²) in [6, 6.07) is 12.2. The van der Waals surface area contributed by atoms with Crippen LogP contribution >= 0.6 is 0 Å². The number of para-hydroxylation sites is 1. The van der Waals surface area contributed by atoms with Gasteiger partial charge in [0.15, 0.2) is 0 Å². The third kappa shape index (κ3) is 3.68. The summed E-state index contributed by atoms with van der Waals surface area (Å²) in [6.45, 7) is 5.65. The van der Waals surface area contributed by atoms with Crippen molar-refractivity contribution in [2.75, 3.05) is 44.2 Å². The fraction of sp³-hybridized carbons (Fsp3) is 0.353.